The van der Waals surface area contributed by atoms with Crippen molar-refractivity contribution in [1.29, 1.82) is 0 Å². The van der Waals surface area contributed by atoms with Gasteiger partial charge in [-0.25, -0.2) is 27.7 Å². The normalized spacial score (nSPS) is 17.7. The standard InChI is InChI=1S/C32H31F4N7O3/c1-16-12-19(13-17(2)26(16)33)42-28(25-21(38-42)14-18-6-7-23(25)41(18)31(45)46-32(3,4)5)40-11-10-39(30(40)44)24-9-8-22-20(27(24)34)15-37-43(22)29(35)36/h8-13,15,18,23,29H,6-7,14H2,1-5H3/t18-,23+/m1/s1. The predicted octanol–water partition coefficient (Wildman–Crippen LogP) is 6.45. The van der Waals surface area contributed by atoms with Crippen molar-refractivity contribution < 1.29 is 27.1 Å². The van der Waals surface area contributed by atoms with Gasteiger partial charge in [0.15, 0.2) is 5.82 Å². The highest BCUT2D eigenvalue weighted by Gasteiger charge is 2.48. The molecule has 1 amide bonds. The molecule has 240 valence electrons. The van der Waals surface area contributed by atoms with E-state index in [1.807, 2.05) is 0 Å². The third-order valence-corrected chi connectivity index (χ3v) is 8.65. The predicted molar refractivity (Wildman–Crippen MR) is 160 cm³/mol. The van der Waals surface area contributed by atoms with Gasteiger partial charge < -0.3 is 4.74 Å². The molecule has 3 aromatic heterocycles. The summed E-state index contributed by atoms with van der Waals surface area (Å²) in [4.78, 5) is 29.3. The average molecular weight is 638 g/mol. The SMILES string of the molecule is Cc1cc(-n2nc3c(c2-n2ccn(-c4ccc5c(cnn5C(F)F)c4F)c2=O)[C@@H]2CC[C@H](C3)N2C(=O)OC(C)(C)C)cc(C)c1F. The van der Waals surface area contributed by atoms with Crippen LogP contribution in [0, 0.1) is 25.5 Å². The lowest BCUT2D eigenvalue weighted by Gasteiger charge is -2.35. The van der Waals surface area contributed by atoms with Gasteiger partial charge in [-0.2, -0.15) is 19.0 Å². The molecule has 2 aliphatic rings. The van der Waals surface area contributed by atoms with Gasteiger partial charge in [0.1, 0.15) is 17.2 Å². The molecule has 5 heterocycles. The highest BCUT2D eigenvalue weighted by Crippen LogP contribution is 2.47. The molecule has 2 aromatic carbocycles. The maximum atomic E-state index is 15.7. The van der Waals surface area contributed by atoms with Crippen molar-refractivity contribution in [2.24, 2.45) is 0 Å². The number of nitrogens with zero attached hydrogens (tertiary/aromatic N) is 7. The molecule has 7 rings (SSSR count). The van der Waals surface area contributed by atoms with Gasteiger partial charge in [-0.1, -0.05) is 0 Å². The fourth-order valence-corrected chi connectivity index (χ4v) is 6.73. The topological polar surface area (TPSA) is 92.1 Å². The molecule has 2 atom stereocenters. The van der Waals surface area contributed by atoms with Crippen LogP contribution in [0.3, 0.4) is 0 Å². The number of carbonyl (C=O) groups excluding carboxylic acids is 1. The number of aryl methyl sites for hydroxylation is 2. The fraction of sp³-hybridized carbons (Fsp3) is 0.375. The monoisotopic (exact) mass is 637 g/mol. The van der Waals surface area contributed by atoms with Crippen molar-refractivity contribution in [2.45, 2.75) is 78.1 Å². The number of halogens is 4. The van der Waals surface area contributed by atoms with Crippen LogP contribution in [0.1, 0.15) is 68.6 Å². The van der Waals surface area contributed by atoms with Gasteiger partial charge in [-0.3, -0.25) is 14.0 Å². The van der Waals surface area contributed by atoms with Gasteiger partial charge in [-0.15, -0.1) is 0 Å². The lowest BCUT2D eigenvalue weighted by molar-refractivity contribution is 0.0124. The van der Waals surface area contributed by atoms with Gasteiger partial charge in [0.05, 0.1) is 40.2 Å². The lowest BCUT2D eigenvalue weighted by atomic mass is 9.99. The Bertz CT molecular complexity index is 2080. The molecular weight excluding hydrogens is 606 g/mol. The van der Waals surface area contributed by atoms with E-state index in [2.05, 4.69) is 5.10 Å². The third kappa shape index (κ3) is 4.52. The first-order valence-electron chi connectivity index (χ1n) is 14.9. The molecule has 0 radical (unpaired) electrons. The van der Waals surface area contributed by atoms with Crippen LogP contribution in [0.5, 0.6) is 0 Å². The summed E-state index contributed by atoms with van der Waals surface area (Å²) in [5.41, 5.74) is 0.951. The van der Waals surface area contributed by atoms with Crippen molar-refractivity contribution in [1.82, 2.24) is 33.6 Å². The Hall–Kier alpha value is -4.88. The van der Waals surface area contributed by atoms with Gasteiger partial charge in [0, 0.05) is 30.4 Å². The van der Waals surface area contributed by atoms with Crippen LogP contribution in [-0.4, -0.2) is 51.3 Å². The molecule has 0 N–H and O–H groups in total. The Morgan fingerprint density at radius 3 is 2.39 bits per heavy atom. The second kappa shape index (κ2) is 10.3. The highest BCUT2D eigenvalue weighted by atomic mass is 19.3. The zero-order valence-electron chi connectivity index (χ0n) is 25.8. The minimum atomic E-state index is -2.97. The Morgan fingerprint density at radius 1 is 1.02 bits per heavy atom. The van der Waals surface area contributed by atoms with E-state index < -0.39 is 35.8 Å². The largest absolute Gasteiger partial charge is 0.444 e. The van der Waals surface area contributed by atoms with Crippen molar-refractivity contribution >= 4 is 17.0 Å². The molecule has 5 aromatic rings. The first-order valence-corrected chi connectivity index (χ1v) is 14.9. The van der Waals surface area contributed by atoms with E-state index in [1.165, 1.54) is 29.1 Å². The summed E-state index contributed by atoms with van der Waals surface area (Å²) in [6, 6.07) is 5.17. The Balaban J connectivity index is 1.42. The van der Waals surface area contributed by atoms with E-state index in [-0.39, 0.29) is 28.4 Å². The highest BCUT2D eigenvalue weighted by molar-refractivity contribution is 5.82. The van der Waals surface area contributed by atoms with E-state index in [0.29, 0.717) is 57.8 Å². The van der Waals surface area contributed by atoms with Crippen molar-refractivity contribution in [3.63, 3.8) is 0 Å². The van der Waals surface area contributed by atoms with Crippen LogP contribution < -0.4 is 5.69 Å². The van der Waals surface area contributed by atoms with E-state index in [1.54, 1.807) is 56.3 Å². The second-order valence-corrected chi connectivity index (χ2v) is 12.8. The summed E-state index contributed by atoms with van der Waals surface area (Å²) >= 11 is 0. The van der Waals surface area contributed by atoms with Crippen LogP contribution in [0.25, 0.3) is 28.1 Å². The van der Waals surface area contributed by atoms with Gasteiger partial charge >= 0.3 is 18.3 Å². The van der Waals surface area contributed by atoms with E-state index in [9.17, 15) is 22.8 Å². The van der Waals surface area contributed by atoms with Gasteiger partial charge in [-0.05, 0) is 82.9 Å². The molecule has 1 fully saturated rings. The van der Waals surface area contributed by atoms with Crippen molar-refractivity contribution in [3.05, 3.63) is 87.4 Å². The molecular formula is C32H31F4N7O3. The maximum Gasteiger partial charge on any atom is 0.411 e. The number of benzene rings is 2. The van der Waals surface area contributed by atoms with Crippen LogP contribution in [0.15, 0.2) is 47.7 Å². The first-order chi connectivity index (χ1) is 21.7. The first kappa shape index (κ1) is 29.8. The number of ether oxygens (including phenoxy) is 1. The summed E-state index contributed by atoms with van der Waals surface area (Å²) in [6.07, 6.45) is 5.09. The summed E-state index contributed by atoms with van der Waals surface area (Å²) < 4.78 is 67.3. The molecule has 10 nitrogen and oxygen atoms in total. The second-order valence-electron chi connectivity index (χ2n) is 12.8. The van der Waals surface area contributed by atoms with Crippen molar-refractivity contribution in [3.8, 4) is 17.2 Å². The van der Waals surface area contributed by atoms with Crippen LogP contribution in [0.4, 0.5) is 22.4 Å². The lowest BCUT2D eigenvalue weighted by Crippen LogP contribution is -2.44. The molecule has 0 unspecified atom stereocenters. The van der Waals surface area contributed by atoms with Crippen molar-refractivity contribution in [2.75, 3.05) is 0 Å². The maximum absolute atomic E-state index is 15.7. The number of amides is 1. The number of rotatable bonds is 4. The molecule has 0 spiro atoms. The van der Waals surface area contributed by atoms with Crippen LogP contribution in [0.2, 0.25) is 0 Å². The molecule has 1 saturated heterocycles. The Labute approximate surface area is 260 Å². The van der Waals surface area contributed by atoms with Crippen LogP contribution in [-0.2, 0) is 11.2 Å². The summed E-state index contributed by atoms with van der Waals surface area (Å²) in [6.45, 7) is 5.69. The minimum absolute atomic E-state index is 0.115. The van der Waals surface area contributed by atoms with Gasteiger partial charge in [0.25, 0.3) is 0 Å². The molecule has 14 heteroatoms. The molecule has 0 saturated carbocycles. The zero-order valence-corrected chi connectivity index (χ0v) is 25.8. The molecule has 2 bridgehead atoms. The Kier molecular flexibility index (Phi) is 6.69. The number of imidazole rings is 1. The number of alkyl halides is 2. The minimum Gasteiger partial charge on any atom is -0.444 e. The van der Waals surface area contributed by atoms with Gasteiger partial charge in [0.2, 0.25) is 0 Å². The molecule has 2 aliphatic heterocycles. The number of aromatic nitrogens is 6. The summed E-state index contributed by atoms with van der Waals surface area (Å²) in [7, 11) is 0. The number of hydrogen-bond acceptors (Lipinski definition) is 5. The Morgan fingerprint density at radius 2 is 1.72 bits per heavy atom. The molecule has 0 aliphatic carbocycles. The number of carbonyl (C=O) groups is 1. The van der Waals surface area contributed by atoms with E-state index in [0.717, 1.165) is 10.8 Å². The number of hydrogen-bond donors (Lipinski definition) is 0. The summed E-state index contributed by atoms with van der Waals surface area (Å²) in [5.74, 6) is -0.920. The van der Waals surface area contributed by atoms with E-state index in [4.69, 9.17) is 9.84 Å². The fourth-order valence-electron chi connectivity index (χ4n) is 6.73. The van der Waals surface area contributed by atoms with E-state index >= 15 is 4.39 Å². The third-order valence-electron chi connectivity index (χ3n) is 8.65. The molecule has 46 heavy (non-hydrogen) atoms. The summed E-state index contributed by atoms with van der Waals surface area (Å²) in [5, 5.41) is 8.34. The smallest absolute Gasteiger partial charge is 0.411 e. The average Bonchev–Trinajstić information content (AvgIpc) is 3.74. The number of fused-ring (bicyclic) bond motifs is 5. The van der Waals surface area contributed by atoms with Crippen LogP contribution >= 0.6 is 0 Å². The quantitative estimate of drug-likeness (QED) is 0.211. The zero-order chi connectivity index (χ0) is 32.8.